The van der Waals surface area contributed by atoms with E-state index in [1.165, 1.54) is 5.56 Å². The summed E-state index contributed by atoms with van der Waals surface area (Å²) < 4.78 is 8.55. The van der Waals surface area contributed by atoms with Crippen LogP contribution in [0.4, 0.5) is 39.8 Å². The Labute approximate surface area is 248 Å². The van der Waals surface area contributed by atoms with Crippen molar-refractivity contribution in [3.05, 3.63) is 104 Å². The SMILES string of the molecule is C[n+]1ccn(CCCCc2ccc(Nc3cc(Nc4ccc(NCCCn5cc[n+](C)c5)cc4)c(N)cc3N)cc2)c1. The first kappa shape index (κ1) is 28.6. The second-order valence-electron chi connectivity index (χ2n) is 10.9. The number of imidazole rings is 2. The van der Waals surface area contributed by atoms with E-state index in [-0.39, 0.29) is 0 Å². The van der Waals surface area contributed by atoms with Crippen molar-refractivity contribution in [3.63, 3.8) is 0 Å². The quantitative estimate of drug-likeness (QED) is 0.0731. The molecule has 0 aliphatic heterocycles. The zero-order chi connectivity index (χ0) is 29.3. The van der Waals surface area contributed by atoms with Crippen molar-refractivity contribution < 1.29 is 9.13 Å². The minimum absolute atomic E-state index is 0.600. The lowest BCUT2D eigenvalue weighted by atomic mass is 10.1. The van der Waals surface area contributed by atoms with E-state index in [0.717, 1.165) is 73.8 Å². The Balaban J connectivity index is 1.11. The van der Waals surface area contributed by atoms with Crippen LogP contribution in [0.2, 0.25) is 0 Å². The summed E-state index contributed by atoms with van der Waals surface area (Å²) in [5.41, 5.74) is 19.8. The third-order valence-electron chi connectivity index (χ3n) is 7.32. The van der Waals surface area contributed by atoms with E-state index in [2.05, 4.69) is 120 Å². The van der Waals surface area contributed by atoms with Gasteiger partial charge in [0.2, 0.25) is 12.7 Å². The van der Waals surface area contributed by atoms with Gasteiger partial charge in [-0.1, -0.05) is 12.1 Å². The lowest BCUT2D eigenvalue weighted by molar-refractivity contribution is -0.671. The number of benzene rings is 3. The summed E-state index contributed by atoms with van der Waals surface area (Å²) in [4.78, 5) is 0. The van der Waals surface area contributed by atoms with Crippen molar-refractivity contribution in [2.45, 2.75) is 38.8 Å². The van der Waals surface area contributed by atoms with E-state index in [0.29, 0.717) is 11.4 Å². The Morgan fingerprint density at radius 2 is 1.17 bits per heavy atom. The van der Waals surface area contributed by atoms with Crippen LogP contribution in [0.25, 0.3) is 0 Å². The van der Waals surface area contributed by atoms with Gasteiger partial charge in [-0.2, -0.15) is 0 Å². The smallest absolute Gasteiger partial charge is 0.243 e. The molecule has 0 fully saturated rings. The normalized spacial score (nSPS) is 11.0. The molecule has 5 rings (SSSR count). The van der Waals surface area contributed by atoms with Crippen LogP contribution in [-0.4, -0.2) is 15.7 Å². The Hall–Kier alpha value is -4.92. The molecule has 0 atom stereocenters. The molecule has 0 aliphatic carbocycles. The van der Waals surface area contributed by atoms with E-state index in [1.54, 1.807) is 6.07 Å². The molecule has 0 unspecified atom stereocenters. The summed E-state index contributed by atoms with van der Waals surface area (Å²) in [5.74, 6) is 0. The fraction of sp³-hybridized carbons (Fsp3) is 0.273. The molecular formula is C33H43N9+2. The molecule has 0 amide bonds. The summed E-state index contributed by atoms with van der Waals surface area (Å²) >= 11 is 0. The minimum Gasteiger partial charge on any atom is -0.397 e. The second-order valence-corrected chi connectivity index (χ2v) is 10.9. The highest BCUT2D eigenvalue weighted by atomic mass is 15.1. The zero-order valence-electron chi connectivity index (χ0n) is 24.6. The molecule has 2 aromatic heterocycles. The molecule has 2 heterocycles. The number of nitrogens with two attached hydrogens (primary N) is 2. The monoisotopic (exact) mass is 565 g/mol. The van der Waals surface area contributed by atoms with Gasteiger partial charge in [-0.15, -0.1) is 0 Å². The average Bonchev–Trinajstić information content (AvgIpc) is 3.60. The number of aromatic nitrogens is 4. The van der Waals surface area contributed by atoms with Gasteiger partial charge >= 0.3 is 0 Å². The van der Waals surface area contributed by atoms with Crippen molar-refractivity contribution >= 4 is 39.8 Å². The molecule has 0 spiro atoms. The van der Waals surface area contributed by atoms with E-state index in [1.807, 2.05) is 20.2 Å². The molecule has 3 aromatic carbocycles. The number of anilines is 7. The molecule has 42 heavy (non-hydrogen) atoms. The number of rotatable bonds is 14. The van der Waals surface area contributed by atoms with E-state index in [9.17, 15) is 0 Å². The molecule has 7 N–H and O–H groups in total. The first-order valence-electron chi connectivity index (χ1n) is 14.6. The first-order valence-corrected chi connectivity index (χ1v) is 14.6. The number of aryl methyl sites for hydroxylation is 5. The van der Waals surface area contributed by atoms with Crippen LogP contribution in [0, 0.1) is 0 Å². The molecule has 0 radical (unpaired) electrons. The van der Waals surface area contributed by atoms with E-state index >= 15 is 0 Å². The number of nitrogens with zero attached hydrogens (tertiary/aromatic N) is 4. The zero-order valence-corrected chi connectivity index (χ0v) is 24.6. The maximum atomic E-state index is 6.32. The summed E-state index contributed by atoms with van der Waals surface area (Å²) in [6.07, 6.45) is 17.0. The summed E-state index contributed by atoms with van der Waals surface area (Å²) in [5, 5.41) is 10.4. The largest absolute Gasteiger partial charge is 0.397 e. The van der Waals surface area contributed by atoms with Crippen LogP contribution in [0.5, 0.6) is 0 Å². The third kappa shape index (κ3) is 8.06. The fourth-order valence-corrected chi connectivity index (χ4v) is 4.97. The van der Waals surface area contributed by atoms with Gasteiger partial charge in [-0.05, 0) is 73.4 Å². The number of hydrogen-bond donors (Lipinski definition) is 5. The highest BCUT2D eigenvalue weighted by molar-refractivity contribution is 5.85. The molecule has 9 heteroatoms. The molecule has 0 bridgehead atoms. The lowest BCUT2D eigenvalue weighted by Gasteiger charge is -2.16. The summed E-state index contributed by atoms with van der Waals surface area (Å²) in [6, 6.07) is 20.6. The van der Waals surface area contributed by atoms with Crippen LogP contribution in [-0.2, 0) is 33.6 Å². The van der Waals surface area contributed by atoms with Crippen molar-refractivity contribution in [2.75, 3.05) is 34.0 Å². The van der Waals surface area contributed by atoms with Gasteiger partial charge < -0.3 is 27.4 Å². The maximum absolute atomic E-state index is 6.32. The highest BCUT2D eigenvalue weighted by Gasteiger charge is 2.08. The summed E-state index contributed by atoms with van der Waals surface area (Å²) in [6.45, 7) is 2.94. The van der Waals surface area contributed by atoms with Gasteiger partial charge in [0.1, 0.15) is 24.8 Å². The first-order chi connectivity index (χ1) is 20.4. The van der Waals surface area contributed by atoms with Crippen LogP contribution >= 0.6 is 0 Å². The molecule has 0 saturated carbocycles. The number of nitrogen functional groups attached to an aromatic ring is 2. The molecule has 9 nitrogen and oxygen atoms in total. The predicted molar refractivity (Wildman–Crippen MR) is 172 cm³/mol. The highest BCUT2D eigenvalue weighted by Crippen LogP contribution is 2.33. The van der Waals surface area contributed by atoms with Gasteiger partial charge in [-0.3, -0.25) is 0 Å². The topological polar surface area (TPSA) is 106 Å². The lowest BCUT2D eigenvalue weighted by Crippen LogP contribution is -2.23. The van der Waals surface area contributed by atoms with Crippen molar-refractivity contribution in [1.29, 1.82) is 0 Å². The average molecular weight is 566 g/mol. The fourth-order valence-electron chi connectivity index (χ4n) is 4.97. The summed E-state index contributed by atoms with van der Waals surface area (Å²) in [7, 11) is 4.08. The van der Waals surface area contributed by atoms with Gasteiger partial charge in [0.15, 0.2) is 0 Å². The van der Waals surface area contributed by atoms with Gasteiger partial charge in [0, 0.05) is 30.0 Å². The van der Waals surface area contributed by atoms with Gasteiger partial charge in [0.25, 0.3) is 0 Å². The number of nitrogens with one attached hydrogen (secondary N) is 3. The van der Waals surface area contributed by atoms with Crippen LogP contribution in [0.1, 0.15) is 24.8 Å². The molecule has 218 valence electrons. The van der Waals surface area contributed by atoms with Crippen LogP contribution < -0.4 is 36.6 Å². The van der Waals surface area contributed by atoms with Crippen molar-refractivity contribution in [3.8, 4) is 0 Å². The van der Waals surface area contributed by atoms with Crippen LogP contribution in [0.3, 0.4) is 0 Å². The second kappa shape index (κ2) is 13.6. The predicted octanol–water partition coefficient (Wildman–Crippen LogP) is 5.12. The Morgan fingerprint density at radius 3 is 1.71 bits per heavy atom. The minimum atomic E-state index is 0.600. The molecule has 0 aliphatic rings. The molecule has 0 saturated heterocycles. The molecular weight excluding hydrogens is 522 g/mol. The van der Waals surface area contributed by atoms with Gasteiger partial charge in [-0.25, -0.2) is 18.3 Å². The third-order valence-corrected chi connectivity index (χ3v) is 7.32. The maximum Gasteiger partial charge on any atom is 0.243 e. The molecule has 5 aromatic rings. The standard InChI is InChI=1S/C33H43N9/c1-39-18-20-41(24-39)16-4-3-6-26-7-9-28(10-8-26)37-32-23-33(31(35)22-30(32)34)38-29-13-11-27(12-14-29)36-15-5-17-42-21-19-40(2)25-42/h7-14,18-25,36-38H,3-6,15-17,34-35H2,1-2H3/q+2. The van der Waals surface area contributed by atoms with Crippen molar-refractivity contribution in [2.24, 2.45) is 14.1 Å². The van der Waals surface area contributed by atoms with E-state index in [4.69, 9.17) is 11.5 Å². The Bertz CT molecular complexity index is 1450. The van der Waals surface area contributed by atoms with Crippen molar-refractivity contribution in [1.82, 2.24) is 9.13 Å². The Kier molecular flexibility index (Phi) is 9.28. The number of hydrogen-bond acceptors (Lipinski definition) is 5. The number of unbranched alkanes of at least 4 members (excludes halogenated alkanes) is 1. The van der Waals surface area contributed by atoms with Gasteiger partial charge in [0.05, 0.1) is 49.9 Å². The van der Waals surface area contributed by atoms with Crippen LogP contribution in [0.15, 0.2) is 98.1 Å². The Morgan fingerprint density at radius 1 is 0.643 bits per heavy atom. The van der Waals surface area contributed by atoms with E-state index < -0.39 is 0 Å².